The van der Waals surface area contributed by atoms with E-state index in [2.05, 4.69) is 51.6 Å². The van der Waals surface area contributed by atoms with Crippen LogP contribution in [0.25, 0.3) is 0 Å². The quantitative estimate of drug-likeness (QED) is 0.709. The molecule has 2 aromatic rings. The Balaban J connectivity index is 1.37. The molecular weight excluding hydrogens is 412 g/mol. The van der Waals surface area contributed by atoms with E-state index in [1.165, 1.54) is 25.2 Å². The first kappa shape index (κ1) is 18.0. The van der Waals surface area contributed by atoms with Gasteiger partial charge in [0.15, 0.2) is 16.1 Å². The van der Waals surface area contributed by atoms with Crippen molar-refractivity contribution >= 4 is 33.3 Å². The van der Waals surface area contributed by atoms with Crippen molar-refractivity contribution in [1.29, 1.82) is 5.26 Å². The second-order valence-corrected chi connectivity index (χ2v) is 7.31. The standard InChI is InChI=1S/C17H19BrN8O/c18-17-14(21-8-13-10-26(3-4-27-13)12-1-2-12)5-15(24-25-17)23-16-9-20-11(6-19)7-22-16/h5,7,9,12-13H,1-4,8,10H2,(H2,21,22,23,24). The summed E-state index contributed by atoms with van der Waals surface area (Å²) in [6, 6.07) is 4.54. The molecule has 1 unspecified atom stereocenters. The van der Waals surface area contributed by atoms with E-state index in [1.807, 2.05) is 12.1 Å². The molecule has 9 nitrogen and oxygen atoms in total. The topological polar surface area (TPSA) is 112 Å². The van der Waals surface area contributed by atoms with Crippen molar-refractivity contribution in [1.82, 2.24) is 25.1 Å². The van der Waals surface area contributed by atoms with E-state index in [9.17, 15) is 0 Å². The molecule has 2 aliphatic rings. The van der Waals surface area contributed by atoms with Gasteiger partial charge in [-0.2, -0.15) is 5.26 Å². The number of morpholine rings is 1. The molecule has 2 N–H and O–H groups in total. The van der Waals surface area contributed by atoms with Gasteiger partial charge in [0.25, 0.3) is 0 Å². The van der Waals surface area contributed by atoms with Crippen LogP contribution in [0.5, 0.6) is 0 Å². The Morgan fingerprint density at radius 2 is 2.15 bits per heavy atom. The van der Waals surface area contributed by atoms with Gasteiger partial charge in [-0.25, -0.2) is 9.97 Å². The Labute approximate surface area is 165 Å². The lowest BCUT2D eigenvalue weighted by molar-refractivity contribution is -0.0241. The maximum absolute atomic E-state index is 8.78. The molecule has 0 bridgehead atoms. The van der Waals surface area contributed by atoms with Gasteiger partial charge < -0.3 is 15.4 Å². The molecular formula is C17H19BrN8O. The van der Waals surface area contributed by atoms with Crippen molar-refractivity contribution < 1.29 is 4.74 Å². The van der Waals surface area contributed by atoms with Gasteiger partial charge in [-0.15, -0.1) is 10.2 Å². The summed E-state index contributed by atoms with van der Waals surface area (Å²) >= 11 is 3.43. The number of rotatable bonds is 6. The number of nitrogens with zero attached hydrogens (tertiary/aromatic N) is 6. The Morgan fingerprint density at radius 1 is 1.26 bits per heavy atom. The molecule has 1 saturated carbocycles. The molecule has 4 rings (SSSR count). The van der Waals surface area contributed by atoms with Crippen LogP contribution in [0.2, 0.25) is 0 Å². The molecule has 3 heterocycles. The number of nitrogens with one attached hydrogen (secondary N) is 2. The highest BCUT2D eigenvalue weighted by Crippen LogP contribution is 2.28. The lowest BCUT2D eigenvalue weighted by Gasteiger charge is -2.33. The average Bonchev–Trinajstić information content (AvgIpc) is 3.55. The fourth-order valence-corrected chi connectivity index (χ4v) is 3.34. The lowest BCUT2D eigenvalue weighted by Crippen LogP contribution is -2.46. The smallest absolute Gasteiger partial charge is 0.158 e. The third-order valence-electron chi connectivity index (χ3n) is 4.53. The maximum Gasteiger partial charge on any atom is 0.158 e. The van der Waals surface area contributed by atoms with Crippen LogP contribution >= 0.6 is 15.9 Å². The first-order valence-electron chi connectivity index (χ1n) is 8.83. The summed E-state index contributed by atoms with van der Waals surface area (Å²) < 4.78 is 6.51. The highest BCUT2D eigenvalue weighted by molar-refractivity contribution is 9.10. The predicted octanol–water partition coefficient (Wildman–Crippen LogP) is 1.92. The zero-order chi connectivity index (χ0) is 18.6. The molecule has 2 fully saturated rings. The van der Waals surface area contributed by atoms with Crippen LogP contribution in [0.1, 0.15) is 18.5 Å². The van der Waals surface area contributed by atoms with E-state index < -0.39 is 0 Å². The summed E-state index contributed by atoms with van der Waals surface area (Å²) in [6.07, 6.45) is 5.66. The van der Waals surface area contributed by atoms with Crippen LogP contribution in [0.15, 0.2) is 23.1 Å². The Kier molecular flexibility index (Phi) is 5.42. The maximum atomic E-state index is 8.78. The van der Waals surface area contributed by atoms with Crippen molar-refractivity contribution in [3.8, 4) is 6.07 Å². The van der Waals surface area contributed by atoms with E-state index >= 15 is 0 Å². The van der Waals surface area contributed by atoms with Gasteiger partial charge in [-0.1, -0.05) is 0 Å². The second kappa shape index (κ2) is 8.12. The molecule has 0 aromatic carbocycles. The van der Waals surface area contributed by atoms with Crippen molar-refractivity contribution in [3.05, 3.63) is 28.8 Å². The minimum absolute atomic E-state index is 0.153. The molecule has 1 aliphatic heterocycles. The zero-order valence-electron chi connectivity index (χ0n) is 14.6. The van der Waals surface area contributed by atoms with Gasteiger partial charge in [0.2, 0.25) is 0 Å². The van der Waals surface area contributed by atoms with E-state index in [-0.39, 0.29) is 11.8 Å². The third-order valence-corrected chi connectivity index (χ3v) is 5.11. The van der Waals surface area contributed by atoms with Gasteiger partial charge in [-0.05, 0) is 28.8 Å². The number of hydrogen-bond donors (Lipinski definition) is 2. The summed E-state index contributed by atoms with van der Waals surface area (Å²) in [6.45, 7) is 3.47. The summed E-state index contributed by atoms with van der Waals surface area (Å²) in [5.41, 5.74) is 1.08. The normalized spacial score (nSPS) is 20.1. The van der Waals surface area contributed by atoms with Crippen LogP contribution in [0.4, 0.5) is 17.3 Å². The highest BCUT2D eigenvalue weighted by Gasteiger charge is 2.32. The lowest BCUT2D eigenvalue weighted by atomic mass is 10.2. The summed E-state index contributed by atoms with van der Waals surface area (Å²) in [5, 5.41) is 23.4. The number of nitriles is 1. The minimum Gasteiger partial charge on any atom is -0.380 e. The summed E-state index contributed by atoms with van der Waals surface area (Å²) in [5.74, 6) is 1.02. The fourth-order valence-electron chi connectivity index (χ4n) is 3.00. The number of anilines is 3. The molecule has 0 amide bonds. The highest BCUT2D eigenvalue weighted by atomic mass is 79.9. The van der Waals surface area contributed by atoms with Crippen molar-refractivity contribution in [2.24, 2.45) is 0 Å². The van der Waals surface area contributed by atoms with E-state index in [0.29, 0.717) is 22.8 Å². The molecule has 27 heavy (non-hydrogen) atoms. The monoisotopic (exact) mass is 430 g/mol. The van der Waals surface area contributed by atoms with Gasteiger partial charge in [0.05, 0.1) is 30.8 Å². The SMILES string of the molecule is N#Cc1cnc(Nc2cc(NCC3CN(C4CC4)CCO3)c(Br)nn2)cn1. The van der Waals surface area contributed by atoms with Crippen LogP contribution in [0, 0.1) is 11.3 Å². The van der Waals surface area contributed by atoms with Crippen LogP contribution < -0.4 is 10.6 Å². The van der Waals surface area contributed by atoms with Gasteiger partial charge in [0.1, 0.15) is 11.9 Å². The van der Waals surface area contributed by atoms with Crippen molar-refractivity contribution in [2.45, 2.75) is 25.0 Å². The molecule has 10 heteroatoms. The Hall–Kier alpha value is -2.35. The van der Waals surface area contributed by atoms with Crippen molar-refractivity contribution in [3.63, 3.8) is 0 Å². The second-order valence-electron chi connectivity index (χ2n) is 6.56. The largest absolute Gasteiger partial charge is 0.380 e. The molecule has 1 atom stereocenters. The first-order chi connectivity index (χ1) is 13.2. The van der Waals surface area contributed by atoms with E-state index in [1.54, 1.807) is 0 Å². The van der Waals surface area contributed by atoms with Gasteiger partial charge in [-0.3, -0.25) is 4.90 Å². The Morgan fingerprint density at radius 3 is 2.89 bits per heavy atom. The van der Waals surface area contributed by atoms with Gasteiger partial charge in [0, 0.05) is 31.7 Å². The predicted molar refractivity (Wildman–Crippen MR) is 103 cm³/mol. The molecule has 1 saturated heterocycles. The number of ether oxygens (including phenoxy) is 1. The van der Waals surface area contributed by atoms with Crippen molar-refractivity contribution in [2.75, 3.05) is 36.9 Å². The van der Waals surface area contributed by atoms with Crippen LogP contribution in [0.3, 0.4) is 0 Å². The minimum atomic E-state index is 0.153. The molecule has 0 spiro atoms. The summed E-state index contributed by atoms with van der Waals surface area (Å²) in [4.78, 5) is 10.6. The fraction of sp³-hybridized carbons (Fsp3) is 0.471. The molecule has 2 aromatic heterocycles. The molecule has 140 valence electrons. The molecule has 0 radical (unpaired) electrons. The number of aromatic nitrogens is 4. The molecule has 1 aliphatic carbocycles. The van der Waals surface area contributed by atoms with Crippen LogP contribution in [-0.2, 0) is 4.74 Å². The van der Waals surface area contributed by atoms with E-state index in [0.717, 1.165) is 31.4 Å². The Bertz CT molecular complexity index is 836. The average molecular weight is 431 g/mol. The number of hydrogen-bond acceptors (Lipinski definition) is 9. The van der Waals surface area contributed by atoms with E-state index in [4.69, 9.17) is 10.00 Å². The van der Waals surface area contributed by atoms with Crippen LogP contribution in [-0.4, -0.2) is 63.5 Å². The first-order valence-corrected chi connectivity index (χ1v) is 9.62. The number of halogens is 1. The van der Waals surface area contributed by atoms with Gasteiger partial charge >= 0.3 is 0 Å². The zero-order valence-corrected chi connectivity index (χ0v) is 16.2. The third kappa shape index (κ3) is 4.68. The summed E-state index contributed by atoms with van der Waals surface area (Å²) in [7, 11) is 0.